The van der Waals surface area contributed by atoms with Gasteiger partial charge in [-0.2, -0.15) is 0 Å². The summed E-state index contributed by atoms with van der Waals surface area (Å²) in [6.45, 7) is 7.53. The average molecular weight is 590 g/mol. The Bertz CT molecular complexity index is 766. The SMILES string of the molecule is CCCCCCCCCCCCCC[N+]1(CC#CI)CCCC1.O=S(=O)([O-])c1ccccc1. The number of hydrogen-bond acceptors (Lipinski definition) is 3. The summed E-state index contributed by atoms with van der Waals surface area (Å²) in [5, 5.41) is 0. The second-order valence-electron chi connectivity index (χ2n) is 9.31. The lowest BCUT2D eigenvalue weighted by molar-refractivity contribution is -0.910. The summed E-state index contributed by atoms with van der Waals surface area (Å²) < 4.78 is 35.2. The third-order valence-corrected chi connectivity index (χ3v) is 7.74. The van der Waals surface area contributed by atoms with Crippen LogP contribution in [0.3, 0.4) is 0 Å². The Balaban J connectivity index is 0.000000451. The van der Waals surface area contributed by atoms with Crippen LogP contribution < -0.4 is 0 Å². The first-order valence-electron chi connectivity index (χ1n) is 12.9. The molecule has 1 aromatic carbocycles. The largest absolute Gasteiger partial charge is 0.744 e. The number of quaternary nitrogens is 1. The summed E-state index contributed by atoms with van der Waals surface area (Å²) in [5.74, 6) is 3.33. The molecule has 1 aromatic rings. The third kappa shape index (κ3) is 15.1. The van der Waals surface area contributed by atoms with E-state index in [9.17, 15) is 13.0 Å². The van der Waals surface area contributed by atoms with Gasteiger partial charge >= 0.3 is 0 Å². The molecule has 4 nitrogen and oxygen atoms in total. The van der Waals surface area contributed by atoms with Crippen molar-refractivity contribution >= 4 is 32.7 Å². The molecule has 0 saturated carbocycles. The minimum atomic E-state index is -4.25. The van der Waals surface area contributed by atoms with Crippen molar-refractivity contribution in [1.29, 1.82) is 0 Å². The van der Waals surface area contributed by atoms with Gasteiger partial charge < -0.3 is 9.04 Å². The fourth-order valence-electron chi connectivity index (χ4n) is 4.54. The maximum Gasteiger partial charge on any atom is 0.141 e. The van der Waals surface area contributed by atoms with Crippen LogP contribution >= 0.6 is 22.6 Å². The van der Waals surface area contributed by atoms with Crippen molar-refractivity contribution in [2.24, 2.45) is 0 Å². The highest BCUT2D eigenvalue weighted by Gasteiger charge is 2.30. The van der Waals surface area contributed by atoms with E-state index in [1.165, 1.54) is 138 Å². The average Bonchev–Trinajstić information content (AvgIpc) is 3.28. The zero-order valence-corrected chi connectivity index (χ0v) is 23.5. The molecule has 6 heteroatoms. The van der Waals surface area contributed by atoms with Gasteiger partial charge in [0.1, 0.15) is 16.7 Å². The Morgan fingerprint density at radius 1 is 0.848 bits per heavy atom. The molecule has 1 aliphatic rings. The molecular weight excluding hydrogens is 545 g/mol. The van der Waals surface area contributed by atoms with E-state index in [1.807, 2.05) is 0 Å². The van der Waals surface area contributed by atoms with E-state index in [0.717, 1.165) is 6.54 Å². The van der Waals surface area contributed by atoms with Gasteiger partial charge in [0.25, 0.3) is 0 Å². The van der Waals surface area contributed by atoms with Crippen molar-refractivity contribution in [3.8, 4) is 9.85 Å². The molecule has 1 heterocycles. The molecule has 1 fully saturated rings. The standard InChI is InChI=1S/C21H39IN.C6H6O3S/c1-2-3-4-5-6-7-8-9-10-11-12-13-18-23(21-16-17-22)19-14-15-20-23;7-10(8,9)6-4-2-1-3-5-6/h2-15,18-21H2,1H3;1-5H,(H,7,8,9)/q+1;/p-1. The van der Waals surface area contributed by atoms with Crippen molar-refractivity contribution in [2.45, 2.75) is 102 Å². The van der Waals surface area contributed by atoms with E-state index < -0.39 is 10.1 Å². The van der Waals surface area contributed by atoms with Crippen LogP contribution in [0.25, 0.3) is 0 Å². The van der Waals surface area contributed by atoms with E-state index in [1.54, 1.807) is 6.07 Å². The Morgan fingerprint density at radius 3 is 1.76 bits per heavy atom. The zero-order chi connectivity index (χ0) is 24.3. The van der Waals surface area contributed by atoms with Gasteiger partial charge in [-0.15, -0.1) is 0 Å². The maximum atomic E-state index is 10.3. The van der Waals surface area contributed by atoms with E-state index in [2.05, 4.69) is 39.4 Å². The smallest absolute Gasteiger partial charge is 0.141 e. The van der Waals surface area contributed by atoms with Gasteiger partial charge in [0.05, 0.1) is 24.5 Å². The number of hydrogen-bond donors (Lipinski definition) is 0. The lowest BCUT2D eigenvalue weighted by atomic mass is 10.1. The lowest BCUT2D eigenvalue weighted by Crippen LogP contribution is -2.46. The second kappa shape index (κ2) is 18.7. The molecule has 0 atom stereocenters. The summed E-state index contributed by atoms with van der Waals surface area (Å²) in [7, 11) is -4.25. The third-order valence-electron chi connectivity index (χ3n) is 6.51. The van der Waals surface area contributed by atoms with Crippen molar-refractivity contribution in [1.82, 2.24) is 0 Å². The van der Waals surface area contributed by atoms with Gasteiger partial charge in [-0.3, -0.25) is 0 Å². The first-order chi connectivity index (χ1) is 15.9. The van der Waals surface area contributed by atoms with Crippen molar-refractivity contribution in [3.63, 3.8) is 0 Å². The molecule has 1 saturated heterocycles. The minimum absolute atomic E-state index is 0.185. The molecule has 2 rings (SSSR count). The van der Waals surface area contributed by atoms with Crippen molar-refractivity contribution in [3.05, 3.63) is 30.3 Å². The van der Waals surface area contributed by atoms with Crippen molar-refractivity contribution < 1.29 is 17.5 Å². The van der Waals surface area contributed by atoms with Gasteiger partial charge in [0, 0.05) is 35.4 Å². The van der Waals surface area contributed by atoms with E-state index in [0.29, 0.717) is 0 Å². The fourth-order valence-corrected chi connectivity index (χ4v) is 5.20. The van der Waals surface area contributed by atoms with Crippen LogP contribution in [0.4, 0.5) is 0 Å². The molecule has 33 heavy (non-hydrogen) atoms. The van der Waals surface area contributed by atoms with Gasteiger partial charge in [-0.1, -0.05) is 89.3 Å². The van der Waals surface area contributed by atoms with Crippen LogP contribution in [-0.2, 0) is 10.1 Å². The Kier molecular flexibility index (Phi) is 17.2. The maximum absolute atomic E-state index is 10.3. The molecule has 0 amide bonds. The number of nitrogens with zero attached hydrogens (tertiary/aromatic N) is 1. The highest BCUT2D eigenvalue weighted by atomic mass is 127. The number of likely N-dealkylation sites (tertiary alicyclic amines) is 1. The highest BCUT2D eigenvalue weighted by molar-refractivity contribution is 14.1. The number of halogens is 1. The summed E-state index contributed by atoms with van der Waals surface area (Å²) >= 11 is 2.19. The molecule has 0 radical (unpaired) electrons. The summed E-state index contributed by atoms with van der Waals surface area (Å²) in [4.78, 5) is -0.185. The number of rotatable bonds is 15. The van der Waals surface area contributed by atoms with E-state index >= 15 is 0 Å². The fraction of sp³-hybridized carbons (Fsp3) is 0.704. The zero-order valence-electron chi connectivity index (χ0n) is 20.6. The Morgan fingerprint density at radius 2 is 1.33 bits per heavy atom. The second-order valence-corrected chi connectivity index (χ2v) is 11.2. The normalized spacial score (nSPS) is 14.8. The Labute approximate surface area is 217 Å². The van der Waals surface area contributed by atoms with E-state index in [-0.39, 0.29) is 4.90 Å². The molecule has 1 aliphatic heterocycles. The van der Waals surface area contributed by atoms with Gasteiger partial charge in [0.15, 0.2) is 0 Å². The molecule has 0 spiro atoms. The molecular formula is C27H44INO3S. The first kappa shape index (κ1) is 30.4. The minimum Gasteiger partial charge on any atom is -0.744 e. The van der Waals surface area contributed by atoms with Crippen LogP contribution in [0.5, 0.6) is 0 Å². The molecule has 0 unspecified atom stereocenters. The highest BCUT2D eigenvalue weighted by Crippen LogP contribution is 2.21. The quantitative estimate of drug-likeness (QED) is 0.0710. The van der Waals surface area contributed by atoms with Gasteiger partial charge in [-0.05, 0) is 34.8 Å². The number of unbranched alkanes of at least 4 members (excludes halogenated alkanes) is 11. The Hall–Kier alpha value is -0.620. The topological polar surface area (TPSA) is 57.2 Å². The van der Waals surface area contributed by atoms with Crippen LogP contribution in [0.2, 0.25) is 0 Å². The van der Waals surface area contributed by atoms with Gasteiger partial charge in [0.2, 0.25) is 0 Å². The molecule has 0 aromatic heterocycles. The summed E-state index contributed by atoms with van der Waals surface area (Å²) in [6.07, 6.45) is 20.2. The monoisotopic (exact) mass is 589 g/mol. The van der Waals surface area contributed by atoms with E-state index in [4.69, 9.17) is 0 Å². The predicted molar refractivity (Wildman–Crippen MR) is 146 cm³/mol. The predicted octanol–water partition coefficient (Wildman–Crippen LogP) is 7.28. The van der Waals surface area contributed by atoms with Crippen LogP contribution in [0.15, 0.2) is 35.2 Å². The van der Waals surface area contributed by atoms with Crippen LogP contribution in [-0.4, -0.2) is 43.6 Å². The lowest BCUT2D eigenvalue weighted by Gasteiger charge is -2.32. The molecule has 188 valence electrons. The molecule has 0 aliphatic carbocycles. The first-order valence-corrected chi connectivity index (χ1v) is 15.4. The molecule has 0 N–H and O–H groups in total. The van der Waals surface area contributed by atoms with Gasteiger partial charge in [-0.25, -0.2) is 8.42 Å². The van der Waals surface area contributed by atoms with Crippen LogP contribution in [0.1, 0.15) is 96.8 Å². The van der Waals surface area contributed by atoms with Crippen LogP contribution in [0, 0.1) is 9.85 Å². The summed E-state index contributed by atoms with van der Waals surface area (Å²) in [5.41, 5.74) is 0. The summed E-state index contributed by atoms with van der Waals surface area (Å²) in [6, 6.07) is 7.19. The number of benzene rings is 1. The van der Waals surface area contributed by atoms with Crippen molar-refractivity contribution in [2.75, 3.05) is 26.2 Å². The molecule has 0 bridgehead atoms.